The molecule has 0 radical (unpaired) electrons. The molecule has 1 aliphatic heterocycles. The third kappa shape index (κ3) is 3.46. The summed E-state index contributed by atoms with van der Waals surface area (Å²) < 4.78 is 0. The number of rotatable bonds is 4. The first-order chi connectivity index (χ1) is 9.58. The molecule has 8 nitrogen and oxygen atoms in total. The number of H-pyrrole nitrogens is 1. The summed E-state index contributed by atoms with van der Waals surface area (Å²) in [4.78, 5) is 28.7. The van der Waals surface area contributed by atoms with E-state index in [0.29, 0.717) is 12.4 Å². The molecule has 0 spiro atoms. The number of likely N-dealkylation sites (tertiary alicyclic amines) is 1. The number of aliphatic carboxylic acids is 1. The number of nitrogens with zero attached hydrogens (tertiary/aromatic N) is 3. The summed E-state index contributed by atoms with van der Waals surface area (Å²) in [7, 11) is 0. The Bertz CT molecular complexity index is 462. The molecule has 0 saturated carbocycles. The average molecular weight is 281 g/mol. The summed E-state index contributed by atoms with van der Waals surface area (Å²) in [5.41, 5.74) is 0. The van der Waals surface area contributed by atoms with E-state index in [1.165, 1.54) is 6.33 Å². The van der Waals surface area contributed by atoms with Crippen molar-refractivity contribution >= 4 is 12.0 Å². The highest BCUT2D eigenvalue weighted by molar-refractivity contribution is 5.76. The fraction of sp³-hybridized carbons (Fsp3) is 0.667. The molecule has 0 aliphatic carbocycles. The molecule has 1 aromatic rings. The summed E-state index contributed by atoms with van der Waals surface area (Å²) in [6.07, 6.45) is 3.96. The van der Waals surface area contributed by atoms with Crippen LogP contribution < -0.4 is 5.32 Å². The molecular weight excluding hydrogens is 262 g/mol. The van der Waals surface area contributed by atoms with Crippen molar-refractivity contribution in [1.82, 2.24) is 25.4 Å². The number of piperidine rings is 1. The molecule has 2 unspecified atom stereocenters. The van der Waals surface area contributed by atoms with Crippen LogP contribution in [0.1, 0.15) is 44.5 Å². The summed E-state index contributed by atoms with van der Waals surface area (Å²) >= 11 is 0. The van der Waals surface area contributed by atoms with Crippen LogP contribution in [0, 0.1) is 0 Å². The van der Waals surface area contributed by atoms with Gasteiger partial charge < -0.3 is 15.3 Å². The van der Waals surface area contributed by atoms with Gasteiger partial charge in [-0.2, -0.15) is 5.10 Å². The quantitative estimate of drug-likeness (QED) is 0.759. The van der Waals surface area contributed by atoms with Gasteiger partial charge in [0.05, 0.1) is 12.5 Å². The molecule has 1 aromatic heterocycles. The average Bonchev–Trinajstić information content (AvgIpc) is 2.92. The molecule has 1 fully saturated rings. The highest BCUT2D eigenvalue weighted by Gasteiger charge is 2.29. The monoisotopic (exact) mass is 281 g/mol. The van der Waals surface area contributed by atoms with E-state index in [1.807, 2.05) is 0 Å². The zero-order valence-electron chi connectivity index (χ0n) is 11.4. The molecule has 2 atom stereocenters. The third-order valence-electron chi connectivity index (χ3n) is 3.48. The smallest absolute Gasteiger partial charge is 0.318 e. The van der Waals surface area contributed by atoms with Crippen LogP contribution in [-0.2, 0) is 4.79 Å². The number of carbonyl (C=O) groups is 2. The number of aromatic amines is 1. The van der Waals surface area contributed by atoms with Gasteiger partial charge in [0.2, 0.25) is 0 Å². The molecule has 2 heterocycles. The second kappa shape index (κ2) is 6.36. The number of nitrogens with one attached hydrogen (secondary N) is 2. The van der Waals surface area contributed by atoms with Crippen molar-refractivity contribution in [2.75, 3.05) is 6.54 Å². The standard InChI is InChI=1S/C12H19N5O3/c1-8(11-13-7-14-16-11)15-12(20)17-5-3-2-4-9(17)6-10(18)19/h7-9H,2-6H2,1H3,(H,15,20)(H,18,19)(H,13,14,16). The van der Waals surface area contributed by atoms with Crippen LogP contribution in [0.25, 0.3) is 0 Å². The number of hydrogen-bond donors (Lipinski definition) is 3. The van der Waals surface area contributed by atoms with Gasteiger partial charge >= 0.3 is 12.0 Å². The maximum atomic E-state index is 12.3. The number of amides is 2. The van der Waals surface area contributed by atoms with E-state index in [2.05, 4.69) is 20.5 Å². The van der Waals surface area contributed by atoms with E-state index in [-0.39, 0.29) is 24.5 Å². The first kappa shape index (κ1) is 14.3. The topological polar surface area (TPSA) is 111 Å². The fourth-order valence-corrected chi connectivity index (χ4v) is 2.44. The van der Waals surface area contributed by atoms with Crippen LogP contribution in [-0.4, -0.2) is 49.8 Å². The van der Waals surface area contributed by atoms with Crippen molar-refractivity contribution in [2.45, 2.75) is 44.7 Å². The largest absolute Gasteiger partial charge is 0.481 e. The SMILES string of the molecule is CC(NC(=O)N1CCCCC1CC(=O)O)c1ncn[nH]1. The van der Waals surface area contributed by atoms with Crippen LogP contribution >= 0.6 is 0 Å². The minimum atomic E-state index is -0.877. The molecule has 20 heavy (non-hydrogen) atoms. The van der Waals surface area contributed by atoms with Gasteiger partial charge in [0.15, 0.2) is 0 Å². The Labute approximate surface area is 116 Å². The van der Waals surface area contributed by atoms with Crippen molar-refractivity contribution < 1.29 is 14.7 Å². The summed E-state index contributed by atoms with van der Waals surface area (Å²) in [5, 5.41) is 18.2. The maximum absolute atomic E-state index is 12.3. The van der Waals surface area contributed by atoms with E-state index in [9.17, 15) is 9.59 Å². The van der Waals surface area contributed by atoms with Gasteiger partial charge in [0.1, 0.15) is 12.2 Å². The molecule has 3 N–H and O–H groups in total. The summed E-state index contributed by atoms with van der Waals surface area (Å²) in [5.74, 6) is -0.303. The van der Waals surface area contributed by atoms with Gasteiger partial charge in [-0.25, -0.2) is 9.78 Å². The summed E-state index contributed by atoms with van der Waals surface area (Å²) in [6.45, 7) is 2.39. The maximum Gasteiger partial charge on any atom is 0.318 e. The van der Waals surface area contributed by atoms with Gasteiger partial charge in [-0.15, -0.1) is 0 Å². The van der Waals surface area contributed by atoms with Gasteiger partial charge in [0, 0.05) is 12.6 Å². The molecule has 0 bridgehead atoms. The van der Waals surface area contributed by atoms with Gasteiger partial charge in [-0.05, 0) is 26.2 Å². The Kier molecular flexibility index (Phi) is 4.54. The molecule has 2 amide bonds. The van der Waals surface area contributed by atoms with Gasteiger partial charge in [-0.1, -0.05) is 0 Å². The van der Waals surface area contributed by atoms with Gasteiger partial charge in [0.25, 0.3) is 0 Å². The van der Waals surface area contributed by atoms with E-state index in [4.69, 9.17) is 5.11 Å². The zero-order valence-corrected chi connectivity index (χ0v) is 11.4. The molecule has 1 saturated heterocycles. The van der Waals surface area contributed by atoms with Crippen molar-refractivity contribution in [1.29, 1.82) is 0 Å². The lowest BCUT2D eigenvalue weighted by Crippen LogP contribution is -2.49. The van der Waals surface area contributed by atoms with Crippen LogP contribution in [0.3, 0.4) is 0 Å². The molecule has 0 aromatic carbocycles. The second-order valence-electron chi connectivity index (χ2n) is 4.98. The molecule has 8 heteroatoms. The van der Waals surface area contributed by atoms with Crippen LogP contribution in [0.5, 0.6) is 0 Å². The molecule has 110 valence electrons. The lowest BCUT2D eigenvalue weighted by Gasteiger charge is -2.35. The van der Waals surface area contributed by atoms with Crippen molar-refractivity contribution in [3.05, 3.63) is 12.2 Å². The lowest BCUT2D eigenvalue weighted by atomic mass is 10.00. The number of carboxylic acids is 1. The molecular formula is C12H19N5O3. The second-order valence-corrected chi connectivity index (χ2v) is 4.98. The van der Waals surface area contributed by atoms with E-state index in [0.717, 1.165) is 19.3 Å². The number of urea groups is 1. The number of carboxylic acid groups (broad SMARTS) is 1. The third-order valence-corrected chi connectivity index (χ3v) is 3.48. The van der Waals surface area contributed by atoms with E-state index >= 15 is 0 Å². The first-order valence-corrected chi connectivity index (χ1v) is 6.72. The van der Waals surface area contributed by atoms with E-state index in [1.54, 1.807) is 11.8 Å². The Balaban J connectivity index is 1.97. The van der Waals surface area contributed by atoms with Gasteiger partial charge in [-0.3, -0.25) is 9.89 Å². The van der Waals surface area contributed by atoms with Crippen LogP contribution in [0.2, 0.25) is 0 Å². The molecule has 2 rings (SSSR count). The minimum Gasteiger partial charge on any atom is -0.481 e. The number of carbonyl (C=O) groups excluding carboxylic acids is 1. The highest BCUT2D eigenvalue weighted by Crippen LogP contribution is 2.20. The van der Waals surface area contributed by atoms with Crippen LogP contribution in [0.15, 0.2) is 6.33 Å². The summed E-state index contributed by atoms with van der Waals surface area (Å²) in [6, 6.07) is -0.777. The van der Waals surface area contributed by atoms with Crippen LogP contribution in [0.4, 0.5) is 4.79 Å². The molecule has 1 aliphatic rings. The van der Waals surface area contributed by atoms with Crippen molar-refractivity contribution in [3.8, 4) is 0 Å². The predicted molar refractivity (Wildman–Crippen MR) is 69.9 cm³/mol. The first-order valence-electron chi connectivity index (χ1n) is 6.72. The number of aromatic nitrogens is 3. The Morgan fingerprint density at radius 2 is 2.40 bits per heavy atom. The zero-order chi connectivity index (χ0) is 14.5. The van der Waals surface area contributed by atoms with E-state index < -0.39 is 5.97 Å². The fourth-order valence-electron chi connectivity index (χ4n) is 2.44. The lowest BCUT2D eigenvalue weighted by molar-refractivity contribution is -0.138. The van der Waals surface area contributed by atoms with Crippen molar-refractivity contribution in [3.63, 3.8) is 0 Å². The predicted octanol–water partition coefficient (Wildman–Crippen LogP) is 0.904. The minimum absolute atomic E-state index is 0.00981. The number of hydrogen-bond acceptors (Lipinski definition) is 4. The Morgan fingerprint density at radius 3 is 3.05 bits per heavy atom. The Morgan fingerprint density at radius 1 is 1.60 bits per heavy atom. The Hall–Kier alpha value is -2.12. The highest BCUT2D eigenvalue weighted by atomic mass is 16.4. The van der Waals surface area contributed by atoms with Crippen molar-refractivity contribution in [2.24, 2.45) is 0 Å². The normalized spacial score (nSPS) is 20.4.